The number of alkyl halides is 2. The summed E-state index contributed by atoms with van der Waals surface area (Å²) in [6.07, 6.45) is -0.295. The number of rotatable bonds is 7. The number of hydrogen-bond donors (Lipinski definition) is 1. The molecule has 1 atom stereocenters. The minimum absolute atomic E-state index is 0.0260. The molecule has 1 heterocycles. The molecule has 0 bridgehead atoms. The zero-order valence-corrected chi connectivity index (χ0v) is 12.2. The van der Waals surface area contributed by atoms with E-state index in [1.54, 1.807) is 19.2 Å². The maximum Gasteiger partial charge on any atom is 0.270 e. The lowest BCUT2D eigenvalue weighted by Crippen LogP contribution is -2.35. The van der Waals surface area contributed by atoms with Gasteiger partial charge in [-0.3, -0.25) is 4.79 Å². The zero-order valence-electron chi connectivity index (χ0n) is 12.2. The maximum atomic E-state index is 12.4. The van der Waals surface area contributed by atoms with Crippen molar-refractivity contribution in [3.05, 3.63) is 24.0 Å². The average molecular weight is 287 g/mol. The van der Waals surface area contributed by atoms with Crippen LogP contribution in [0.5, 0.6) is 0 Å². The Hall–Kier alpha value is -1.43. The molecule has 4 nitrogen and oxygen atoms in total. The summed E-state index contributed by atoms with van der Waals surface area (Å²) in [7, 11) is 1.66. The normalized spacial score (nSPS) is 13.0. The first-order valence-corrected chi connectivity index (χ1v) is 6.77. The summed E-state index contributed by atoms with van der Waals surface area (Å²) in [4.78, 5) is 13.7. The van der Waals surface area contributed by atoms with E-state index in [0.29, 0.717) is 18.9 Å². The molecule has 20 heavy (non-hydrogen) atoms. The highest BCUT2D eigenvalue weighted by molar-refractivity contribution is 5.92. The smallest absolute Gasteiger partial charge is 0.270 e. The van der Waals surface area contributed by atoms with Gasteiger partial charge in [0.1, 0.15) is 5.69 Å². The number of aromatic nitrogens is 1. The highest BCUT2D eigenvalue weighted by Crippen LogP contribution is 2.10. The van der Waals surface area contributed by atoms with Gasteiger partial charge in [0.15, 0.2) is 0 Å². The second-order valence-corrected chi connectivity index (χ2v) is 5.36. The topological polar surface area (TPSA) is 51.3 Å². The number of hydrogen-bond acceptors (Lipinski definition) is 2. The van der Waals surface area contributed by atoms with Gasteiger partial charge in [-0.05, 0) is 24.5 Å². The Kier molecular flexibility index (Phi) is 6.13. The molecular formula is C14H23F2N3O. The molecule has 0 aliphatic rings. The van der Waals surface area contributed by atoms with E-state index in [9.17, 15) is 13.6 Å². The van der Waals surface area contributed by atoms with Crippen LogP contribution < -0.4 is 5.73 Å². The highest BCUT2D eigenvalue weighted by atomic mass is 19.3. The van der Waals surface area contributed by atoms with Gasteiger partial charge in [0.05, 0.1) is 6.54 Å². The molecule has 0 spiro atoms. The van der Waals surface area contributed by atoms with E-state index in [2.05, 4.69) is 0 Å². The summed E-state index contributed by atoms with van der Waals surface area (Å²) in [6.45, 7) is 4.10. The van der Waals surface area contributed by atoms with Crippen LogP contribution in [0.15, 0.2) is 18.3 Å². The molecule has 1 amide bonds. The van der Waals surface area contributed by atoms with Crippen LogP contribution in [0.3, 0.4) is 0 Å². The van der Waals surface area contributed by atoms with E-state index in [4.69, 9.17) is 5.73 Å². The van der Waals surface area contributed by atoms with Crippen LogP contribution in [0, 0.1) is 5.92 Å². The lowest BCUT2D eigenvalue weighted by molar-refractivity contribution is 0.0768. The van der Waals surface area contributed by atoms with Gasteiger partial charge in [-0.1, -0.05) is 13.8 Å². The summed E-state index contributed by atoms with van der Waals surface area (Å²) in [5.74, 6) is 0.0906. The van der Waals surface area contributed by atoms with Crippen molar-refractivity contribution in [3.63, 3.8) is 0 Å². The summed E-state index contributed by atoms with van der Waals surface area (Å²) < 4.78 is 26.1. The van der Waals surface area contributed by atoms with Crippen molar-refractivity contribution in [1.82, 2.24) is 9.47 Å². The first kappa shape index (κ1) is 16.6. The van der Waals surface area contributed by atoms with Crippen LogP contribution in [-0.4, -0.2) is 41.4 Å². The number of nitrogens with two attached hydrogens (primary N) is 1. The fourth-order valence-corrected chi connectivity index (χ4v) is 1.89. The van der Waals surface area contributed by atoms with Gasteiger partial charge in [-0.2, -0.15) is 0 Å². The van der Waals surface area contributed by atoms with E-state index in [1.807, 2.05) is 13.8 Å². The number of carbonyl (C=O) groups excluding carboxylic acids is 1. The molecule has 1 aromatic rings. The fraction of sp³-hybridized carbons (Fsp3) is 0.643. The first-order chi connectivity index (χ1) is 9.32. The number of carbonyl (C=O) groups is 1. The molecule has 1 rings (SSSR count). The Morgan fingerprint density at radius 3 is 2.65 bits per heavy atom. The van der Waals surface area contributed by atoms with Gasteiger partial charge in [0.25, 0.3) is 12.3 Å². The summed E-state index contributed by atoms with van der Waals surface area (Å²) >= 11 is 0. The van der Waals surface area contributed by atoms with Gasteiger partial charge < -0.3 is 15.2 Å². The molecule has 2 N–H and O–H groups in total. The lowest BCUT2D eigenvalue weighted by atomic mass is 10.0. The first-order valence-electron chi connectivity index (χ1n) is 6.77. The van der Waals surface area contributed by atoms with E-state index >= 15 is 0 Å². The third-order valence-electron chi connectivity index (χ3n) is 3.38. The van der Waals surface area contributed by atoms with E-state index < -0.39 is 13.0 Å². The summed E-state index contributed by atoms with van der Waals surface area (Å²) in [5.41, 5.74) is 6.22. The molecule has 0 radical (unpaired) electrons. The molecule has 114 valence electrons. The van der Waals surface area contributed by atoms with Crippen molar-refractivity contribution in [2.75, 3.05) is 13.6 Å². The molecule has 0 saturated carbocycles. The molecule has 0 aliphatic heterocycles. The molecule has 0 fully saturated rings. The predicted octanol–water partition coefficient (Wildman–Crippen LogP) is 2.20. The molecule has 1 unspecified atom stereocenters. The SMILES string of the molecule is CC(C)C(N)CCN(C)C(=O)c1cccn1CC(F)F. The van der Waals surface area contributed by atoms with Crippen molar-refractivity contribution >= 4 is 5.91 Å². The summed E-state index contributed by atoms with van der Waals surface area (Å²) in [6, 6.07) is 3.19. The van der Waals surface area contributed by atoms with E-state index in [0.717, 1.165) is 0 Å². The van der Waals surface area contributed by atoms with Crippen LogP contribution in [0.1, 0.15) is 30.8 Å². The van der Waals surface area contributed by atoms with Crippen molar-refractivity contribution in [1.29, 1.82) is 0 Å². The Bertz CT molecular complexity index is 432. The fourth-order valence-electron chi connectivity index (χ4n) is 1.89. The van der Waals surface area contributed by atoms with Gasteiger partial charge in [-0.25, -0.2) is 8.78 Å². The Labute approximate surface area is 118 Å². The molecule has 1 aromatic heterocycles. The largest absolute Gasteiger partial charge is 0.340 e. The van der Waals surface area contributed by atoms with Crippen LogP contribution in [0.4, 0.5) is 8.78 Å². The lowest BCUT2D eigenvalue weighted by Gasteiger charge is -2.22. The standard InChI is InChI=1S/C14H23F2N3O/c1-10(2)11(17)6-8-18(3)14(20)12-5-4-7-19(12)9-13(15)16/h4-5,7,10-11,13H,6,8-9,17H2,1-3H3. The monoisotopic (exact) mass is 287 g/mol. The van der Waals surface area contributed by atoms with Crippen LogP contribution in [0.2, 0.25) is 0 Å². The Morgan fingerprint density at radius 2 is 2.10 bits per heavy atom. The third kappa shape index (κ3) is 4.59. The third-order valence-corrected chi connectivity index (χ3v) is 3.38. The van der Waals surface area contributed by atoms with Gasteiger partial charge in [-0.15, -0.1) is 0 Å². The molecule has 0 aliphatic carbocycles. The van der Waals surface area contributed by atoms with E-state index in [1.165, 1.54) is 15.7 Å². The molecular weight excluding hydrogens is 264 g/mol. The second kappa shape index (κ2) is 7.38. The molecule has 6 heteroatoms. The highest BCUT2D eigenvalue weighted by Gasteiger charge is 2.18. The molecule has 0 aromatic carbocycles. The Morgan fingerprint density at radius 1 is 1.45 bits per heavy atom. The number of halogens is 2. The van der Waals surface area contributed by atoms with Gasteiger partial charge in [0.2, 0.25) is 0 Å². The summed E-state index contributed by atoms with van der Waals surface area (Å²) in [5, 5.41) is 0. The maximum absolute atomic E-state index is 12.4. The van der Waals surface area contributed by atoms with Crippen LogP contribution >= 0.6 is 0 Å². The molecule has 0 saturated heterocycles. The minimum atomic E-state index is -2.48. The van der Waals surface area contributed by atoms with Crippen LogP contribution in [-0.2, 0) is 6.54 Å². The van der Waals surface area contributed by atoms with Crippen LogP contribution in [0.25, 0.3) is 0 Å². The van der Waals surface area contributed by atoms with Crippen molar-refractivity contribution in [2.24, 2.45) is 11.7 Å². The quantitative estimate of drug-likeness (QED) is 0.836. The Balaban J connectivity index is 2.63. The van der Waals surface area contributed by atoms with E-state index in [-0.39, 0.29) is 17.6 Å². The van der Waals surface area contributed by atoms with Crippen molar-refractivity contribution < 1.29 is 13.6 Å². The zero-order chi connectivity index (χ0) is 15.3. The predicted molar refractivity (Wildman–Crippen MR) is 74.8 cm³/mol. The van der Waals surface area contributed by atoms with Crippen molar-refractivity contribution in [3.8, 4) is 0 Å². The minimum Gasteiger partial charge on any atom is -0.340 e. The second-order valence-electron chi connectivity index (χ2n) is 5.36. The van der Waals surface area contributed by atoms with Crippen molar-refractivity contribution in [2.45, 2.75) is 39.3 Å². The van der Waals surface area contributed by atoms with Gasteiger partial charge in [0, 0.05) is 25.8 Å². The average Bonchev–Trinajstić information content (AvgIpc) is 2.81. The number of nitrogens with zero attached hydrogens (tertiary/aromatic N) is 2. The van der Waals surface area contributed by atoms with Gasteiger partial charge >= 0.3 is 0 Å². The number of amides is 1.